The Hall–Kier alpha value is -4.48. The Morgan fingerprint density at radius 2 is 1.30 bits per heavy atom. The Bertz CT molecular complexity index is 1930. The smallest absolute Gasteiger partial charge is 0.253 e. The van der Waals surface area contributed by atoms with Gasteiger partial charge < -0.3 is 24.3 Å². The van der Waals surface area contributed by atoms with Crippen LogP contribution in [0.25, 0.3) is 22.3 Å². The lowest BCUT2D eigenvalue weighted by molar-refractivity contribution is -0.138. The van der Waals surface area contributed by atoms with Crippen molar-refractivity contribution in [3.05, 3.63) is 95.1 Å². The molecule has 0 spiro atoms. The first-order valence-electron chi connectivity index (χ1n) is 22.5. The molecule has 1 heterocycles. The van der Waals surface area contributed by atoms with Gasteiger partial charge in [-0.2, -0.15) is 0 Å². The summed E-state index contributed by atoms with van der Waals surface area (Å²) in [5, 5.41) is 3.01. The number of benzene rings is 3. The van der Waals surface area contributed by atoms with Crippen molar-refractivity contribution in [1.29, 1.82) is 0 Å². The van der Waals surface area contributed by atoms with Gasteiger partial charge in [-0.1, -0.05) is 60.2 Å². The fourth-order valence-corrected chi connectivity index (χ4v) is 9.53. The van der Waals surface area contributed by atoms with Crippen molar-refractivity contribution < 1.29 is 38.1 Å². The number of hydrogen-bond acceptors (Lipinski definition) is 8. The first kappa shape index (κ1) is 46.0. The zero-order chi connectivity index (χ0) is 43.0. The summed E-state index contributed by atoms with van der Waals surface area (Å²) in [6, 6.07) is 22.7. The van der Waals surface area contributed by atoms with Crippen LogP contribution in [0, 0.1) is 18.8 Å². The van der Waals surface area contributed by atoms with Crippen molar-refractivity contribution in [2.75, 3.05) is 67.0 Å². The predicted molar refractivity (Wildman–Crippen MR) is 238 cm³/mol. The van der Waals surface area contributed by atoms with Crippen molar-refractivity contribution in [3.8, 4) is 22.3 Å². The van der Waals surface area contributed by atoms with Crippen LogP contribution in [0.4, 0.5) is 0 Å². The van der Waals surface area contributed by atoms with Gasteiger partial charge in [0.05, 0.1) is 26.4 Å². The molecule has 3 aromatic carbocycles. The zero-order valence-corrected chi connectivity index (χ0v) is 36.6. The highest BCUT2D eigenvalue weighted by Gasteiger charge is 2.42. The number of fused-ring (bicyclic) bond motifs is 3. The predicted octanol–water partition coefficient (Wildman–Crippen LogP) is 8.33. The van der Waals surface area contributed by atoms with Crippen LogP contribution >= 0.6 is 0 Å². The molecule has 61 heavy (non-hydrogen) atoms. The van der Waals surface area contributed by atoms with E-state index in [4.69, 9.17) is 18.9 Å². The standard InChI is InChI=1S/C51H66N2O8/c1-37-11-21-43-44-22-20-42(35-46(44)51(45(43)34-37,25-6-28-60-32-30-58-2)26-7-29-61-33-31-59-3)40-16-12-38(13-17-40)8-4-10-48(55)52-27-5-9-47(54)41-18-14-39(15-19-41)36-53-49(56)23-24-50(53)57/h11-13,16-17,20-24,34-35,39,41H,4-10,14-15,18-19,25-33,36H2,1-3H3,(H,52,55). The molecule has 0 radical (unpaired) electrons. The van der Waals surface area contributed by atoms with Crippen LogP contribution in [-0.2, 0) is 50.0 Å². The average Bonchev–Trinajstić information content (AvgIpc) is 3.73. The van der Waals surface area contributed by atoms with E-state index in [1.54, 1.807) is 14.2 Å². The summed E-state index contributed by atoms with van der Waals surface area (Å²) in [7, 11) is 3.40. The Morgan fingerprint density at radius 1 is 0.689 bits per heavy atom. The van der Waals surface area contributed by atoms with E-state index in [2.05, 4.69) is 72.9 Å². The first-order chi connectivity index (χ1) is 29.7. The van der Waals surface area contributed by atoms with Gasteiger partial charge in [0.1, 0.15) is 5.78 Å². The fourth-order valence-electron chi connectivity index (χ4n) is 9.53. The zero-order valence-electron chi connectivity index (χ0n) is 36.6. The van der Waals surface area contributed by atoms with E-state index in [1.807, 2.05) is 0 Å². The number of methoxy groups -OCH3 is 2. The minimum atomic E-state index is -0.240. The maximum Gasteiger partial charge on any atom is 0.253 e. The molecular weight excluding hydrogens is 769 g/mol. The van der Waals surface area contributed by atoms with Crippen molar-refractivity contribution in [2.24, 2.45) is 11.8 Å². The number of nitrogens with one attached hydrogen (secondary N) is 1. The molecule has 2 aliphatic carbocycles. The number of amides is 3. The molecule has 6 rings (SSSR count). The average molecular weight is 835 g/mol. The van der Waals surface area contributed by atoms with Gasteiger partial charge in [0, 0.05) is 76.8 Å². The summed E-state index contributed by atoms with van der Waals surface area (Å²) < 4.78 is 22.3. The maximum absolute atomic E-state index is 12.9. The van der Waals surface area contributed by atoms with Gasteiger partial charge in [-0.3, -0.25) is 24.1 Å². The molecule has 3 amide bonds. The third kappa shape index (κ3) is 12.3. The molecule has 1 fully saturated rings. The Morgan fingerprint density at radius 3 is 1.93 bits per heavy atom. The van der Waals surface area contributed by atoms with Crippen LogP contribution in [0.5, 0.6) is 0 Å². The summed E-state index contributed by atoms with van der Waals surface area (Å²) in [6.07, 6.45) is 12.9. The lowest BCUT2D eigenvalue weighted by Crippen LogP contribution is -2.36. The molecular formula is C51H66N2O8. The fraction of sp³-hybridized carbons (Fsp3) is 0.529. The van der Waals surface area contributed by atoms with Crippen molar-refractivity contribution in [2.45, 2.75) is 95.8 Å². The summed E-state index contributed by atoms with van der Waals surface area (Å²) in [4.78, 5) is 50.6. The third-order valence-electron chi connectivity index (χ3n) is 12.9. The highest BCUT2D eigenvalue weighted by molar-refractivity contribution is 6.12. The van der Waals surface area contributed by atoms with Crippen LogP contribution in [0.1, 0.15) is 99.3 Å². The molecule has 0 saturated heterocycles. The summed E-state index contributed by atoms with van der Waals surface area (Å²) in [5.74, 6) is 0.0776. The third-order valence-corrected chi connectivity index (χ3v) is 12.9. The highest BCUT2D eigenvalue weighted by atomic mass is 16.5. The maximum atomic E-state index is 12.9. The van der Waals surface area contributed by atoms with Crippen LogP contribution < -0.4 is 5.32 Å². The van der Waals surface area contributed by atoms with E-state index in [9.17, 15) is 19.2 Å². The number of aryl methyl sites for hydroxylation is 2. The molecule has 1 saturated carbocycles. The highest BCUT2D eigenvalue weighted by Crippen LogP contribution is 2.55. The van der Waals surface area contributed by atoms with Gasteiger partial charge >= 0.3 is 0 Å². The second-order valence-electron chi connectivity index (χ2n) is 17.1. The van der Waals surface area contributed by atoms with Crippen LogP contribution in [0.3, 0.4) is 0 Å². The molecule has 10 heteroatoms. The number of Topliss-reactive ketones (excluding diaryl/α,β-unsaturated/α-hetero) is 1. The monoisotopic (exact) mass is 834 g/mol. The van der Waals surface area contributed by atoms with Crippen LogP contribution in [0.15, 0.2) is 72.8 Å². The van der Waals surface area contributed by atoms with Crippen molar-refractivity contribution >= 4 is 23.5 Å². The van der Waals surface area contributed by atoms with Crippen molar-refractivity contribution in [1.82, 2.24) is 10.2 Å². The molecule has 0 bridgehead atoms. The first-order valence-corrected chi connectivity index (χ1v) is 22.5. The van der Waals surface area contributed by atoms with Gasteiger partial charge in [-0.25, -0.2) is 0 Å². The summed E-state index contributed by atoms with van der Waals surface area (Å²) >= 11 is 0. The van der Waals surface area contributed by atoms with Gasteiger partial charge in [-0.15, -0.1) is 0 Å². The lowest BCUT2D eigenvalue weighted by atomic mass is 9.71. The number of carbonyl (C=O) groups is 4. The molecule has 3 aromatic rings. The number of ether oxygens (including phenoxy) is 4. The summed E-state index contributed by atoms with van der Waals surface area (Å²) in [6.45, 7) is 6.88. The molecule has 1 N–H and O–H groups in total. The Kier molecular flexibility index (Phi) is 17.4. The van der Waals surface area contributed by atoms with Crippen molar-refractivity contribution in [3.63, 3.8) is 0 Å². The second-order valence-corrected chi connectivity index (χ2v) is 17.1. The second kappa shape index (κ2) is 23.1. The molecule has 328 valence electrons. The van der Waals surface area contributed by atoms with Crippen LogP contribution in [-0.4, -0.2) is 95.4 Å². The number of carbonyl (C=O) groups excluding carboxylic acids is 4. The molecule has 0 atom stereocenters. The quantitative estimate of drug-likeness (QED) is 0.0634. The van der Waals surface area contributed by atoms with E-state index in [-0.39, 0.29) is 40.8 Å². The number of ketones is 1. The number of imide groups is 1. The topological polar surface area (TPSA) is 120 Å². The Balaban J connectivity index is 0.982. The number of nitrogens with zero attached hydrogens (tertiary/aromatic N) is 1. The molecule has 0 aromatic heterocycles. The molecule has 0 unspecified atom stereocenters. The van der Waals surface area contributed by atoms with Gasteiger partial charge in [0.25, 0.3) is 11.8 Å². The lowest BCUT2D eigenvalue weighted by Gasteiger charge is -2.33. The molecule has 10 nitrogen and oxygen atoms in total. The summed E-state index contributed by atoms with van der Waals surface area (Å²) in [5.41, 5.74) is 10.1. The van der Waals surface area contributed by atoms with Crippen LogP contribution in [0.2, 0.25) is 0 Å². The van der Waals surface area contributed by atoms with E-state index in [0.717, 1.165) is 64.2 Å². The van der Waals surface area contributed by atoms with E-state index >= 15 is 0 Å². The normalized spacial score (nSPS) is 17.8. The van der Waals surface area contributed by atoms with E-state index in [0.29, 0.717) is 72.0 Å². The van der Waals surface area contributed by atoms with Gasteiger partial charge in [0.2, 0.25) is 5.91 Å². The van der Waals surface area contributed by atoms with E-state index < -0.39 is 0 Å². The van der Waals surface area contributed by atoms with Gasteiger partial charge in [-0.05, 0) is 128 Å². The largest absolute Gasteiger partial charge is 0.382 e. The minimum absolute atomic E-state index is 0.0194. The number of rotatable bonds is 26. The SMILES string of the molecule is COCCOCCCC1(CCCOCCOC)c2cc(C)ccc2-c2ccc(-c3ccc(CCCC(=O)NCCCC(=O)C4CCC(CN5C(=O)C=CC5=O)CC4)cc3)cc21. The number of hydrogen-bond donors (Lipinski definition) is 1. The molecule has 3 aliphatic rings. The Labute approximate surface area is 362 Å². The minimum Gasteiger partial charge on any atom is -0.382 e. The van der Waals surface area contributed by atoms with Gasteiger partial charge in [0.15, 0.2) is 0 Å². The molecule has 1 aliphatic heterocycles. The van der Waals surface area contributed by atoms with E-state index in [1.165, 1.54) is 61.6 Å².